The molecule has 2 heterocycles. The number of nitrogens with one attached hydrogen (secondary N) is 2. The zero-order chi connectivity index (χ0) is 16.7. The summed E-state index contributed by atoms with van der Waals surface area (Å²) >= 11 is 3.40. The fourth-order valence-electron chi connectivity index (χ4n) is 2.54. The van der Waals surface area contributed by atoms with Crippen LogP contribution in [0.1, 0.15) is 10.5 Å². The summed E-state index contributed by atoms with van der Waals surface area (Å²) in [6.45, 7) is 0. The molecule has 0 bridgehead atoms. The number of para-hydroxylation sites is 1. The first kappa shape index (κ1) is 14.6. The first-order valence-electron chi connectivity index (χ1n) is 7.18. The Morgan fingerprint density at radius 2 is 2.00 bits per heavy atom. The molecule has 0 unspecified atom stereocenters. The monoisotopic (exact) mass is 382 g/mol. The lowest BCUT2D eigenvalue weighted by Crippen LogP contribution is -2.33. The van der Waals surface area contributed by atoms with Crippen LogP contribution < -0.4 is 11.0 Å². The average Bonchev–Trinajstić information content (AvgIpc) is 3.01. The first-order valence-corrected chi connectivity index (χ1v) is 7.97. The molecule has 0 aliphatic heterocycles. The Balaban J connectivity index is 1.70. The van der Waals surface area contributed by atoms with Gasteiger partial charge in [-0.05, 0) is 36.4 Å². The van der Waals surface area contributed by atoms with Crippen LogP contribution in [-0.2, 0) is 0 Å². The van der Waals surface area contributed by atoms with Gasteiger partial charge in [-0.2, -0.15) is 0 Å². The minimum atomic E-state index is -0.415. The molecule has 0 aliphatic carbocycles. The predicted molar refractivity (Wildman–Crippen MR) is 95.7 cm³/mol. The van der Waals surface area contributed by atoms with Crippen molar-refractivity contribution in [2.45, 2.75) is 0 Å². The fourth-order valence-corrected chi connectivity index (χ4v) is 2.92. The van der Waals surface area contributed by atoms with E-state index in [4.69, 9.17) is 0 Å². The average molecular weight is 383 g/mol. The van der Waals surface area contributed by atoms with Crippen LogP contribution in [0.4, 0.5) is 0 Å². The van der Waals surface area contributed by atoms with Crippen LogP contribution in [-0.4, -0.2) is 20.6 Å². The van der Waals surface area contributed by atoms with E-state index in [1.807, 2.05) is 18.2 Å². The van der Waals surface area contributed by atoms with Gasteiger partial charge in [0.2, 0.25) is 0 Å². The van der Waals surface area contributed by atoms with E-state index < -0.39 is 5.91 Å². The first-order chi connectivity index (χ1) is 11.6. The number of H-pyrrole nitrogens is 1. The Labute approximate surface area is 144 Å². The second-order valence-corrected chi connectivity index (χ2v) is 6.21. The van der Waals surface area contributed by atoms with Crippen LogP contribution in [0.2, 0.25) is 0 Å². The van der Waals surface area contributed by atoms with Gasteiger partial charge in [-0.15, -0.1) is 0 Å². The maximum atomic E-state index is 12.4. The minimum absolute atomic E-state index is 0.326. The van der Waals surface area contributed by atoms with Crippen molar-refractivity contribution in [1.29, 1.82) is 0 Å². The summed E-state index contributed by atoms with van der Waals surface area (Å²) in [5, 5.41) is 1.35. The van der Waals surface area contributed by atoms with Gasteiger partial charge >= 0.3 is 0 Å². The van der Waals surface area contributed by atoms with Crippen LogP contribution in [0.3, 0.4) is 0 Å². The van der Waals surface area contributed by atoms with Crippen LogP contribution in [0.15, 0.2) is 64.1 Å². The Morgan fingerprint density at radius 3 is 2.88 bits per heavy atom. The van der Waals surface area contributed by atoms with Crippen LogP contribution in [0, 0.1) is 0 Å². The number of hydrogen-bond donors (Lipinski definition) is 2. The number of benzene rings is 2. The Hall–Kier alpha value is -2.93. The van der Waals surface area contributed by atoms with E-state index in [1.165, 1.54) is 6.33 Å². The number of aromatic nitrogens is 3. The minimum Gasteiger partial charge on any atom is -0.350 e. The predicted octanol–water partition coefficient (Wildman–Crippen LogP) is 3.02. The quantitative estimate of drug-likeness (QED) is 0.559. The van der Waals surface area contributed by atoms with Crippen LogP contribution >= 0.6 is 15.9 Å². The summed E-state index contributed by atoms with van der Waals surface area (Å²) < 4.78 is 2.02. The van der Waals surface area contributed by atoms with E-state index >= 15 is 0 Å². The summed E-state index contributed by atoms with van der Waals surface area (Å²) in [6.07, 6.45) is 1.31. The third kappa shape index (κ3) is 2.48. The summed E-state index contributed by atoms with van der Waals surface area (Å²) in [5.41, 5.74) is 4.02. The molecule has 4 rings (SSSR count). The van der Waals surface area contributed by atoms with Crippen molar-refractivity contribution in [3.05, 3.63) is 75.4 Å². The highest BCUT2D eigenvalue weighted by atomic mass is 79.9. The van der Waals surface area contributed by atoms with E-state index in [-0.39, 0.29) is 5.56 Å². The zero-order valence-corrected chi connectivity index (χ0v) is 13.9. The lowest BCUT2D eigenvalue weighted by Gasteiger charge is -2.07. The van der Waals surface area contributed by atoms with Crippen LogP contribution in [0.25, 0.3) is 21.8 Å². The third-order valence-corrected chi connectivity index (χ3v) is 4.21. The topological polar surface area (TPSA) is 79.8 Å². The van der Waals surface area contributed by atoms with Crippen molar-refractivity contribution in [2.75, 3.05) is 5.43 Å². The van der Waals surface area contributed by atoms with Crippen LogP contribution in [0.5, 0.6) is 0 Å². The highest BCUT2D eigenvalue weighted by Gasteiger charge is 2.12. The van der Waals surface area contributed by atoms with Crippen molar-refractivity contribution in [3.8, 4) is 0 Å². The van der Waals surface area contributed by atoms with Gasteiger partial charge in [0.25, 0.3) is 11.5 Å². The number of carbonyl (C=O) groups excluding carboxylic acids is 1. The van der Waals surface area contributed by atoms with Gasteiger partial charge in [0.05, 0.1) is 10.9 Å². The molecular formula is C17H11BrN4O2. The molecule has 2 N–H and O–H groups in total. The highest BCUT2D eigenvalue weighted by Crippen LogP contribution is 2.20. The summed E-state index contributed by atoms with van der Waals surface area (Å²) in [5.74, 6) is -0.415. The van der Waals surface area contributed by atoms with Gasteiger partial charge < -0.3 is 4.98 Å². The number of fused-ring (bicyclic) bond motifs is 2. The molecule has 0 aliphatic rings. The molecule has 24 heavy (non-hydrogen) atoms. The van der Waals surface area contributed by atoms with E-state index in [0.29, 0.717) is 16.6 Å². The van der Waals surface area contributed by atoms with E-state index in [9.17, 15) is 9.59 Å². The van der Waals surface area contributed by atoms with Crippen molar-refractivity contribution in [2.24, 2.45) is 0 Å². The number of hydrogen-bond acceptors (Lipinski definition) is 3. The molecule has 2 aromatic heterocycles. The Bertz CT molecular complexity index is 1150. The van der Waals surface area contributed by atoms with Crippen molar-refractivity contribution in [3.63, 3.8) is 0 Å². The van der Waals surface area contributed by atoms with Crippen molar-refractivity contribution < 1.29 is 4.79 Å². The maximum Gasteiger partial charge on any atom is 0.286 e. The number of aromatic amines is 1. The van der Waals surface area contributed by atoms with Gasteiger partial charge in [-0.25, -0.2) is 9.66 Å². The van der Waals surface area contributed by atoms with Gasteiger partial charge in [-0.3, -0.25) is 15.0 Å². The molecule has 4 aromatic rings. The molecule has 0 spiro atoms. The Morgan fingerprint density at radius 1 is 1.17 bits per heavy atom. The van der Waals surface area contributed by atoms with E-state index in [0.717, 1.165) is 20.1 Å². The smallest absolute Gasteiger partial charge is 0.286 e. The molecule has 0 fully saturated rings. The normalized spacial score (nSPS) is 11.0. The largest absolute Gasteiger partial charge is 0.350 e. The highest BCUT2D eigenvalue weighted by molar-refractivity contribution is 9.10. The summed E-state index contributed by atoms with van der Waals surface area (Å²) in [4.78, 5) is 32.0. The van der Waals surface area contributed by atoms with Crippen molar-refractivity contribution in [1.82, 2.24) is 14.6 Å². The van der Waals surface area contributed by atoms with Gasteiger partial charge in [0, 0.05) is 15.4 Å². The molecule has 7 heteroatoms. The number of rotatable bonds is 2. The number of amides is 1. The van der Waals surface area contributed by atoms with Gasteiger partial charge in [-0.1, -0.05) is 28.1 Å². The third-order valence-electron chi connectivity index (χ3n) is 3.71. The van der Waals surface area contributed by atoms with E-state index in [2.05, 4.69) is 31.3 Å². The standard InChI is InChI=1S/C17H11BrN4O2/c18-11-5-6-13-10(7-11)8-15(20-13)16(23)21-22-9-19-14-4-2-1-3-12(14)17(22)24/h1-9,20H,(H,21,23). The lowest BCUT2D eigenvalue weighted by atomic mass is 10.2. The van der Waals surface area contributed by atoms with Gasteiger partial charge in [0.15, 0.2) is 0 Å². The van der Waals surface area contributed by atoms with Crippen molar-refractivity contribution >= 4 is 43.6 Å². The molecule has 0 radical (unpaired) electrons. The Kier molecular flexibility index (Phi) is 3.42. The lowest BCUT2D eigenvalue weighted by molar-refractivity contribution is 0.100. The summed E-state index contributed by atoms with van der Waals surface area (Å²) in [7, 11) is 0. The number of nitrogens with zero attached hydrogens (tertiary/aromatic N) is 2. The zero-order valence-electron chi connectivity index (χ0n) is 12.3. The summed E-state index contributed by atoms with van der Waals surface area (Å²) in [6, 6.07) is 14.4. The van der Waals surface area contributed by atoms with E-state index in [1.54, 1.807) is 30.3 Å². The molecule has 6 nitrogen and oxygen atoms in total. The molecule has 1 amide bonds. The molecule has 118 valence electrons. The molecule has 2 aromatic carbocycles. The number of carbonyl (C=O) groups is 1. The fraction of sp³-hybridized carbons (Fsp3) is 0. The van der Waals surface area contributed by atoms with Gasteiger partial charge in [0.1, 0.15) is 12.0 Å². The maximum absolute atomic E-state index is 12.4. The molecular weight excluding hydrogens is 372 g/mol. The molecule has 0 saturated heterocycles. The second kappa shape index (κ2) is 5.61. The molecule has 0 saturated carbocycles. The SMILES string of the molecule is O=C(Nn1cnc2ccccc2c1=O)c1cc2cc(Br)ccc2[nH]1. The second-order valence-electron chi connectivity index (χ2n) is 5.29. The number of halogens is 1. The molecule has 0 atom stereocenters.